The van der Waals surface area contributed by atoms with Gasteiger partial charge in [0.25, 0.3) is 0 Å². The molecule has 0 saturated heterocycles. The van der Waals surface area contributed by atoms with Crippen LogP contribution in [0.4, 0.5) is 15.8 Å². The van der Waals surface area contributed by atoms with Gasteiger partial charge in [0, 0.05) is 0 Å². The Hall–Kier alpha value is -2.82. The van der Waals surface area contributed by atoms with E-state index >= 15 is 0 Å². The third-order valence-electron chi connectivity index (χ3n) is 6.13. The molecule has 2 atom stereocenters. The van der Waals surface area contributed by atoms with Crippen molar-refractivity contribution >= 4 is 17.3 Å². The Morgan fingerprint density at radius 2 is 2.21 bits per heavy atom. The van der Waals surface area contributed by atoms with Crippen LogP contribution in [0.25, 0.3) is 11.3 Å². The van der Waals surface area contributed by atoms with Gasteiger partial charge in [-0.3, -0.25) is 0 Å². The van der Waals surface area contributed by atoms with Crippen LogP contribution in [0.2, 0.25) is 0 Å². The zero-order valence-corrected chi connectivity index (χ0v) is 21.2. The van der Waals surface area contributed by atoms with E-state index in [0.717, 1.165) is 29.8 Å². The molecule has 1 amide bonds. The van der Waals surface area contributed by atoms with Crippen molar-refractivity contribution < 1.29 is 39.9 Å². The number of para-hydroxylation sites is 1. The normalized spacial score (nSPS) is 20.3. The van der Waals surface area contributed by atoms with Crippen molar-refractivity contribution in [2.75, 3.05) is 30.0 Å². The second kappa shape index (κ2) is 9.81. The summed E-state index contributed by atoms with van der Waals surface area (Å²) < 4.78 is 27.3. The molecule has 2 aromatic heterocycles. The molecule has 1 aromatic carbocycles. The number of amides is 1. The van der Waals surface area contributed by atoms with Crippen LogP contribution in [-0.2, 0) is 0 Å². The molecule has 0 aliphatic carbocycles. The second-order valence-corrected chi connectivity index (χ2v) is 11.8. The molecule has 2 bridgehead atoms. The molecule has 2 aliphatic heterocycles. The van der Waals surface area contributed by atoms with E-state index in [-0.39, 0.29) is 36.8 Å². The Balaban J connectivity index is 1.70. The number of H-pyrrole nitrogens is 1. The van der Waals surface area contributed by atoms with Gasteiger partial charge < -0.3 is 0 Å². The van der Waals surface area contributed by atoms with Crippen molar-refractivity contribution in [3.8, 4) is 22.8 Å². The van der Waals surface area contributed by atoms with Gasteiger partial charge in [0.2, 0.25) is 0 Å². The van der Waals surface area contributed by atoms with Gasteiger partial charge in [-0.1, -0.05) is 0 Å². The van der Waals surface area contributed by atoms with Crippen LogP contribution in [0.1, 0.15) is 39.7 Å². The Morgan fingerprint density at radius 1 is 1.32 bits per heavy atom. The number of pyridine rings is 1. The topological polar surface area (TPSA) is 88.3 Å². The summed E-state index contributed by atoms with van der Waals surface area (Å²) in [6, 6.07) is 6.58. The summed E-state index contributed by atoms with van der Waals surface area (Å²) in [6.07, 6.45) is 5.50. The minimum atomic E-state index is -0.476. The van der Waals surface area contributed by atoms with Crippen LogP contribution >= 0.6 is 0 Å². The number of ether oxygens (including phenoxy) is 2. The van der Waals surface area contributed by atoms with Crippen molar-refractivity contribution in [2.24, 2.45) is 5.92 Å². The molecule has 2 aliphatic rings. The van der Waals surface area contributed by atoms with Crippen LogP contribution in [0.3, 0.4) is 0 Å². The van der Waals surface area contributed by atoms with Gasteiger partial charge in [0.05, 0.1) is 0 Å². The summed E-state index contributed by atoms with van der Waals surface area (Å²) in [4.78, 5) is 21.0. The maximum absolute atomic E-state index is 14.5. The average Bonchev–Trinajstić information content (AvgIpc) is 3.21. The Morgan fingerprint density at radius 3 is 3.06 bits per heavy atom. The number of fused-ring (bicyclic) bond motifs is 3. The van der Waals surface area contributed by atoms with Crippen LogP contribution in [-0.4, -0.2) is 40.6 Å². The van der Waals surface area contributed by atoms with Gasteiger partial charge in [-0.25, -0.2) is 0 Å². The van der Waals surface area contributed by atoms with Crippen LogP contribution < -0.4 is 41.3 Å². The van der Waals surface area contributed by atoms with Gasteiger partial charge in [-0.2, -0.15) is 0 Å². The number of benzene rings is 1. The van der Waals surface area contributed by atoms with E-state index in [4.69, 9.17) is 9.47 Å². The molecule has 34 heavy (non-hydrogen) atoms. The predicted octanol–water partition coefficient (Wildman–Crippen LogP) is 1.65. The fourth-order valence-corrected chi connectivity index (χ4v) is 7.78. The first-order valence-electron chi connectivity index (χ1n) is 11.3. The number of nitrogens with zero attached hydrogens (tertiary/aromatic N) is 1. The number of hydrogen-bond donors (Lipinski definition) is 3. The van der Waals surface area contributed by atoms with Crippen LogP contribution in [0.15, 0.2) is 36.7 Å². The van der Waals surface area contributed by atoms with E-state index in [9.17, 15) is 9.18 Å². The van der Waals surface area contributed by atoms with Gasteiger partial charge >= 0.3 is 209 Å². The van der Waals surface area contributed by atoms with Crippen molar-refractivity contribution in [3.05, 3.63) is 53.7 Å². The molecule has 180 valence electrons. The minimum absolute atomic E-state index is 0.0954. The summed E-state index contributed by atoms with van der Waals surface area (Å²) in [5.41, 5.74) is 4.09. The third kappa shape index (κ3) is 4.33. The number of hydrogen-bond acceptors (Lipinski definition) is 5. The van der Waals surface area contributed by atoms with E-state index in [1.807, 2.05) is 6.07 Å². The summed E-state index contributed by atoms with van der Waals surface area (Å²) in [5.74, 6) is 0.727. The second-order valence-electron chi connectivity index (χ2n) is 8.56. The number of halogens is 2. The average molecular weight is 577 g/mol. The number of aromatic nitrogens is 2. The Bertz CT molecular complexity index is 1210. The van der Waals surface area contributed by atoms with Crippen LogP contribution in [0.5, 0.6) is 11.5 Å². The number of aromatic amines is 1. The third-order valence-corrected chi connectivity index (χ3v) is 10.3. The van der Waals surface area contributed by atoms with Gasteiger partial charge in [-0.15, -0.1) is 0 Å². The first-order chi connectivity index (χ1) is 16.6. The molecule has 2 unspecified atom stereocenters. The molecule has 3 aromatic rings. The number of rotatable bonds is 3. The number of nitrogens with one attached hydrogen (secondary N) is 3. The zero-order chi connectivity index (χ0) is 23.7. The number of anilines is 2. The SMILES string of the molecule is COc1c(F)cccc1Nc1c2[nH]c3c1C(=O)NCC3[I-]CC(C)CCCOc1cnccc1-2. The number of carbonyl (C=O) groups is 1. The van der Waals surface area contributed by atoms with E-state index in [1.165, 1.54) is 17.6 Å². The standard InChI is InChI=1S/C25H27FIN4O3/c1-14-5-4-10-34-19-13-28-9-8-15(19)21-23(30-18-7-3-6-16(26)24(18)33-2)20-22(31-21)17(27-11-14)12-29-25(20)32/h3,6-9,13-14,17,30-31H,4-5,10-12H2,1-2H3,(H,29,32)/q-1. The van der Waals surface area contributed by atoms with Gasteiger partial charge in [0.15, 0.2) is 0 Å². The fourth-order valence-electron chi connectivity index (χ4n) is 4.42. The Labute approximate surface area is 208 Å². The molecule has 0 spiro atoms. The van der Waals surface area contributed by atoms with E-state index in [2.05, 4.69) is 27.5 Å². The molecule has 3 N–H and O–H groups in total. The van der Waals surface area contributed by atoms with Crippen molar-refractivity contribution in [1.82, 2.24) is 15.3 Å². The summed E-state index contributed by atoms with van der Waals surface area (Å²) >= 11 is -0.202. The van der Waals surface area contributed by atoms with E-state index in [0.29, 0.717) is 41.8 Å². The summed E-state index contributed by atoms with van der Waals surface area (Å²) in [6.45, 7) is 3.53. The van der Waals surface area contributed by atoms with Gasteiger partial charge in [0.1, 0.15) is 0 Å². The first kappa shape index (κ1) is 22.9. The van der Waals surface area contributed by atoms with Crippen LogP contribution in [0, 0.1) is 11.7 Å². The first-order valence-corrected chi connectivity index (χ1v) is 14.1. The molecular weight excluding hydrogens is 550 g/mol. The van der Waals surface area contributed by atoms with Crippen molar-refractivity contribution in [1.29, 1.82) is 0 Å². The summed E-state index contributed by atoms with van der Waals surface area (Å²) in [7, 11) is 1.43. The maximum atomic E-state index is 14.5. The van der Waals surface area contributed by atoms with Gasteiger partial charge in [-0.05, 0) is 0 Å². The molecule has 5 rings (SSSR count). The molecule has 7 nitrogen and oxygen atoms in total. The molecule has 4 heterocycles. The monoisotopic (exact) mass is 577 g/mol. The molecule has 0 radical (unpaired) electrons. The van der Waals surface area contributed by atoms with Crippen molar-refractivity contribution in [2.45, 2.75) is 23.7 Å². The quantitative estimate of drug-likeness (QED) is 0.326. The number of alkyl halides is 2. The number of methoxy groups -OCH3 is 1. The van der Waals surface area contributed by atoms with Crippen molar-refractivity contribution in [3.63, 3.8) is 0 Å². The fraction of sp³-hybridized carbons (Fsp3) is 0.360. The zero-order valence-electron chi connectivity index (χ0n) is 19.1. The molecule has 0 fully saturated rings. The Kier molecular flexibility index (Phi) is 6.62. The van der Waals surface area contributed by atoms with E-state index in [1.54, 1.807) is 24.5 Å². The predicted molar refractivity (Wildman–Crippen MR) is 124 cm³/mol. The molecule has 0 saturated carbocycles. The van der Waals surface area contributed by atoms with E-state index < -0.39 is 5.82 Å². The molecular formula is C25H27FIN4O3-. The summed E-state index contributed by atoms with van der Waals surface area (Å²) in [5, 5.41) is 6.40. The number of carbonyl (C=O) groups excluding carboxylic acids is 1. The molecule has 9 heteroatoms.